The average Bonchev–Trinajstić information content (AvgIpc) is 2.32. The van der Waals surface area contributed by atoms with Crippen molar-refractivity contribution in [1.82, 2.24) is 0 Å². The van der Waals surface area contributed by atoms with Crippen LogP contribution in [0.25, 0.3) is 0 Å². The lowest BCUT2D eigenvalue weighted by atomic mass is 10.2. The molecular formula is C11H9BrN2OS2. The van der Waals surface area contributed by atoms with Crippen molar-refractivity contribution in [1.29, 1.82) is 5.26 Å². The quantitative estimate of drug-likeness (QED) is 0.508. The summed E-state index contributed by atoms with van der Waals surface area (Å²) in [5, 5.41) is 11.5. The Bertz CT molecular complexity index is 491. The van der Waals surface area contributed by atoms with E-state index in [1.807, 2.05) is 18.2 Å². The number of hydrogen-bond acceptors (Lipinski definition) is 4. The first kappa shape index (κ1) is 14.2. The van der Waals surface area contributed by atoms with E-state index in [2.05, 4.69) is 33.9 Å². The van der Waals surface area contributed by atoms with Gasteiger partial charge in [0.05, 0.1) is 4.24 Å². The molecule has 0 aliphatic rings. The Hall–Kier alpha value is -0.900. The molecule has 1 aromatic rings. The topological polar surface area (TPSA) is 52.9 Å². The zero-order chi connectivity index (χ0) is 12.8. The van der Waals surface area contributed by atoms with E-state index in [1.165, 1.54) is 11.8 Å². The number of rotatable bonds is 3. The number of thioether (sulfide) groups is 1. The molecule has 1 N–H and O–H groups in total. The van der Waals surface area contributed by atoms with E-state index in [-0.39, 0.29) is 5.57 Å². The Morgan fingerprint density at radius 3 is 2.53 bits per heavy atom. The molecule has 0 atom stereocenters. The van der Waals surface area contributed by atoms with Crippen LogP contribution >= 0.6 is 40.3 Å². The monoisotopic (exact) mass is 328 g/mol. The Labute approximate surface area is 118 Å². The fraction of sp³-hybridized carbons (Fsp3) is 0.0909. The summed E-state index contributed by atoms with van der Waals surface area (Å²) >= 11 is 8.63. The molecule has 88 valence electrons. The molecule has 0 spiro atoms. The lowest BCUT2D eigenvalue weighted by Gasteiger charge is -2.05. The summed E-state index contributed by atoms with van der Waals surface area (Å²) in [4.78, 5) is 11.8. The number of carbonyl (C=O) groups is 1. The molecule has 0 unspecified atom stereocenters. The largest absolute Gasteiger partial charge is 0.321 e. The van der Waals surface area contributed by atoms with Crippen LogP contribution in [0.15, 0.2) is 38.5 Å². The van der Waals surface area contributed by atoms with E-state index in [0.29, 0.717) is 9.92 Å². The summed E-state index contributed by atoms with van der Waals surface area (Å²) in [6.45, 7) is 0. The molecule has 1 aromatic carbocycles. The number of thiol groups is 1. The van der Waals surface area contributed by atoms with Crippen LogP contribution in [0.1, 0.15) is 0 Å². The summed E-state index contributed by atoms with van der Waals surface area (Å²) < 4.78 is 1.33. The highest BCUT2D eigenvalue weighted by atomic mass is 79.9. The van der Waals surface area contributed by atoms with Gasteiger partial charge < -0.3 is 5.32 Å². The number of anilines is 1. The minimum absolute atomic E-state index is 0.0174. The molecule has 0 saturated heterocycles. The van der Waals surface area contributed by atoms with Crippen LogP contribution < -0.4 is 5.32 Å². The summed E-state index contributed by atoms with van der Waals surface area (Å²) in [6, 6.07) is 8.95. The number of amides is 1. The first-order chi connectivity index (χ1) is 8.08. The lowest BCUT2D eigenvalue weighted by Crippen LogP contribution is -2.14. The van der Waals surface area contributed by atoms with Gasteiger partial charge in [-0.3, -0.25) is 4.79 Å². The van der Waals surface area contributed by atoms with E-state index in [9.17, 15) is 4.79 Å². The van der Waals surface area contributed by atoms with E-state index < -0.39 is 5.91 Å². The summed E-state index contributed by atoms with van der Waals surface area (Å²) in [5.41, 5.74) is 0.650. The van der Waals surface area contributed by atoms with Crippen molar-refractivity contribution in [2.75, 3.05) is 11.6 Å². The van der Waals surface area contributed by atoms with Crippen molar-refractivity contribution in [3.05, 3.63) is 38.5 Å². The fourth-order valence-electron chi connectivity index (χ4n) is 1.02. The molecule has 0 aliphatic heterocycles. The summed E-state index contributed by atoms with van der Waals surface area (Å²) in [5.74, 6) is -0.450. The molecule has 0 fully saturated rings. The predicted octanol–water partition coefficient (Wildman–Crippen LogP) is 3.42. The molecule has 1 amide bonds. The standard InChI is InChI=1S/C11H9BrN2OS2/c1-17-11(16)9(6-13)10(15)14-8-4-2-7(12)3-5-8/h2-5,16H,1H3,(H,14,15)/b11-9+. The van der Waals surface area contributed by atoms with Gasteiger partial charge in [-0.2, -0.15) is 5.26 Å². The molecule has 3 nitrogen and oxygen atoms in total. The van der Waals surface area contributed by atoms with E-state index in [0.717, 1.165) is 4.47 Å². The number of nitrogens with zero attached hydrogens (tertiary/aromatic N) is 1. The van der Waals surface area contributed by atoms with Gasteiger partial charge in [0, 0.05) is 10.2 Å². The van der Waals surface area contributed by atoms with Gasteiger partial charge in [-0.05, 0) is 30.5 Å². The lowest BCUT2D eigenvalue weighted by molar-refractivity contribution is -0.112. The van der Waals surface area contributed by atoms with Crippen molar-refractivity contribution in [3.63, 3.8) is 0 Å². The fourth-order valence-corrected chi connectivity index (χ4v) is 1.78. The van der Waals surface area contributed by atoms with Crippen molar-refractivity contribution < 1.29 is 4.79 Å². The number of nitrogens with one attached hydrogen (secondary N) is 1. The van der Waals surface area contributed by atoms with Crippen LogP contribution in [0.4, 0.5) is 5.69 Å². The van der Waals surface area contributed by atoms with Crippen molar-refractivity contribution in [2.24, 2.45) is 0 Å². The van der Waals surface area contributed by atoms with E-state index in [1.54, 1.807) is 18.4 Å². The van der Waals surface area contributed by atoms with Crippen LogP contribution in [0, 0.1) is 11.3 Å². The zero-order valence-corrected chi connectivity index (χ0v) is 12.2. The van der Waals surface area contributed by atoms with Gasteiger partial charge in [0.2, 0.25) is 0 Å². The average molecular weight is 329 g/mol. The Kier molecular flexibility index (Phi) is 5.62. The molecule has 0 saturated carbocycles. The second-order valence-corrected chi connectivity index (χ2v) is 5.44. The van der Waals surface area contributed by atoms with Gasteiger partial charge in [0.15, 0.2) is 0 Å². The minimum Gasteiger partial charge on any atom is -0.321 e. The summed E-state index contributed by atoms with van der Waals surface area (Å²) in [7, 11) is 0. The smallest absolute Gasteiger partial charge is 0.268 e. The van der Waals surface area contributed by atoms with Gasteiger partial charge in [-0.25, -0.2) is 0 Å². The molecule has 1 rings (SSSR count). The van der Waals surface area contributed by atoms with Crippen molar-refractivity contribution >= 4 is 51.9 Å². The number of benzene rings is 1. The Morgan fingerprint density at radius 2 is 2.06 bits per heavy atom. The van der Waals surface area contributed by atoms with Crippen LogP contribution in [-0.2, 0) is 4.79 Å². The van der Waals surface area contributed by atoms with Gasteiger partial charge in [0.1, 0.15) is 11.6 Å². The van der Waals surface area contributed by atoms with E-state index >= 15 is 0 Å². The van der Waals surface area contributed by atoms with Crippen LogP contribution in [0.3, 0.4) is 0 Å². The molecule has 0 heterocycles. The van der Waals surface area contributed by atoms with Crippen molar-refractivity contribution in [3.8, 4) is 6.07 Å². The van der Waals surface area contributed by atoms with Crippen LogP contribution in [0.5, 0.6) is 0 Å². The highest BCUT2D eigenvalue weighted by Gasteiger charge is 2.12. The third-order valence-electron chi connectivity index (χ3n) is 1.85. The second kappa shape index (κ2) is 6.74. The molecule has 17 heavy (non-hydrogen) atoms. The van der Waals surface area contributed by atoms with Gasteiger partial charge in [-0.15, -0.1) is 24.4 Å². The first-order valence-corrected chi connectivity index (χ1v) is 6.99. The normalized spacial score (nSPS) is 11.4. The van der Waals surface area contributed by atoms with E-state index in [4.69, 9.17) is 5.26 Å². The zero-order valence-electron chi connectivity index (χ0n) is 8.90. The molecule has 0 radical (unpaired) electrons. The first-order valence-electron chi connectivity index (χ1n) is 4.52. The molecule has 6 heteroatoms. The SMILES string of the molecule is CS/C(S)=C(\C#N)C(=O)Nc1ccc(Br)cc1. The maximum absolute atomic E-state index is 11.8. The Morgan fingerprint density at radius 1 is 1.47 bits per heavy atom. The van der Waals surface area contributed by atoms with Gasteiger partial charge >= 0.3 is 0 Å². The Balaban J connectivity index is 2.86. The molecule has 0 bridgehead atoms. The minimum atomic E-state index is -0.450. The molecular weight excluding hydrogens is 320 g/mol. The number of halogens is 1. The highest BCUT2D eigenvalue weighted by Crippen LogP contribution is 2.22. The highest BCUT2D eigenvalue weighted by molar-refractivity contribution is 9.10. The maximum Gasteiger partial charge on any atom is 0.268 e. The summed E-state index contributed by atoms with van der Waals surface area (Å²) in [6.07, 6.45) is 1.76. The van der Waals surface area contributed by atoms with Crippen molar-refractivity contribution in [2.45, 2.75) is 0 Å². The van der Waals surface area contributed by atoms with Crippen LogP contribution in [0.2, 0.25) is 0 Å². The second-order valence-electron chi connectivity index (χ2n) is 2.96. The molecule has 0 aliphatic carbocycles. The maximum atomic E-state index is 11.8. The molecule has 0 aromatic heterocycles. The number of hydrogen-bond donors (Lipinski definition) is 2. The van der Waals surface area contributed by atoms with Gasteiger partial charge in [0.25, 0.3) is 5.91 Å². The van der Waals surface area contributed by atoms with Gasteiger partial charge in [-0.1, -0.05) is 15.9 Å². The third kappa shape index (κ3) is 4.11. The number of nitriles is 1. The number of carbonyl (C=O) groups excluding carboxylic acids is 1. The predicted molar refractivity (Wildman–Crippen MR) is 77.9 cm³/mol. The third-order valence-corrected chi connectivity index (χ3v) is 3.74. The van der Waals surface area contributed by atoms with Crippen LogP contribution in [-0.4, -0.2) is 12.2 Å².